The van der Waals surface area contributed by atoms with Crippen LogP contribution < -0.4 is 4.74 Å². The van der Waals surface area contributed by atoms with Gasteiger partial charge in [-0.2, -0.15) is 0 Å². The number of aromatic nitrogens is 2. The van der Waals surface area contributed by atoms with Crippen molar-refractivity contribution >= 4 is 0 Å². The molecule has 0 radical (unpaired) electrons. The molecule has 0 aliphatic carbocycles. The SMILES string of the molecule is CCCCOc1ccc(C#Cc2ncc(CCCC)cn2)cc1. The van der Waals surface area contributed by atoms with Gasteiger partial charge in [-0.15, -0.1) is 0 Å². The fourth-order valence-corrected chi connectivity index (χ4v) is 2.03. The highest BCUT2D eigenvalue weighted by atomic mass is 16.5. The topological polar surface area (TPSA) is 35.0 Å². The predicted octanol–water partition coefficient (Wildman–Crippen LogP) is 4.40. The average molecular weight is 308 g/mol. The van der Waals surface area contributed by atoms with Crippen LogP contribution >= 0.6 is 0 Å². The Morgan fingerprint density at radius 2 is 1.61 bits per heavy atom. The molecule has 23 heavy (non-hydrogen) atoms. The second kappa shape index (κ2) is 9.63. The summed E-state index contributed by atoms with van der Waals surface area (Å²) in [7, 11) is 0. The Balaban J connectivity index is 1.93. The first kappa shape index (κ1) is 17.0. The van der Waals surface area contributed by atoms with Gasteiger partial charge in [0.25, 0.3) is 0 Å². The van der Waals surface area contributed by atoms with Gasteiger partial charge < -0.3 is 4.74 Å². The third kappa shape index (κ3) is 6.12. The monoisotopic (exact) mass is 308 g/mol. The summed E-state index contributed by atoms with van der Waals surface area (Å²) in [5.41, 5.74) is 2.11. The molecule has 0 fully saturated rings. The highest BCUT2D eigenvalue weighted by Crippen LogP contribution is 2.12. The van der Waals surface area contributed by atoms with Gasteiger partial charge in [-0.25, -0.2) is 9.97 Å². The first-order valence-electron chi connectivity index (χ1n) is 8.37. The molecule has 120 valence electrons. The van der Waals surface area contributed by atoms with Gasteiger partial charge in [0.05, 0.1) is 6.61 Å². The normalized spacial score (nSPS) is 10.0. The van der Waals surface area contributed by atoms with Crippen molar-refractivity contribution in [2.75, 3.05) is 6.61 Å². The Bertz CT molecular complexity index is 636. The van der Waals surface area contributed by atoms with E-state index in [9.17, 15) is 0 Å². The molecule has 0 aliphatic rings. The Morgan fingerprint density at radius 1 is 0.913 bits per heavy atom. The number of hydrogen-bond donors (Lipinski definition) is 0. The highest BCUT2D eigenvalue weighted by Gasteiger charge is 1.96. The van der Waals surface area contributed by atoms with Crippen LogP contribution in [0, 0.1) is 11.8 Å². The fourth-order valence-electron chi connectivity index (χ4n) is 2.03. The van der Waals surface area contributed by atoms with E-state index in [1.807, 2.05) is 36.7 Å². The van der Waals surface area contributed by atoms with Crippen molar-refractivity contribution in [2.45, 2.75) is 46.0 Å². The number of rotatable bonds is 7. The fraction of sp³-hybridized carbons (Fsp3) is 0.400. The molecule has 2 rings (SSSR count). The summed E-state index contributed by atoms with van der Waals surface area (Å²) in [6, 6.07) is 7.83. The maximum Gasteiger partial charge on any atom is 0.205 e. The molecule has 0 spiro atoms. The van der Waals surface area contributed by atoms with E-state index in [0.29, 0.717) is 5.82 Å². The van der Waals surface area contributed by atoms with E-state index >= 15 is 0 Å². The van der Waals surface area contributed by atoms with E-state index in [1.54, 1.807) is 0 Å². The van der Waals surface area contributed by atoms with Crippen LogP contribution in [-0.4, -0.2) is 16.6 Å². The Morgan fingerprint density at radius 3 is 2.26 bits per heavy atom. The molecule has 0 amide bonds. The largest absolute Gasteiger partial charge is 0.494 e. The Kier molecular flexibility index (Phi) is 7.13. The van der Waals surface area contributed by atoms with Gasteiger partial charge in [-0.1, -0.05) is 32.6 Å². The molecule has 0 aliphatic heterocycles. The number of benzene rings is 1. The van der Waals surface area contributed by atoms with E-state index < -0.39 is 0 Å². The standard InChI is InChI=1S/C20H24N2O/c1-3-5-7-18-15-21-20(22-16-18)13-10-17-8-11-19(12-9-17)23-14-6-4-2/h8-9,11-12,15-16H,3-7,14H2,1-2H3. The van der Waals surface area contributed by atoms with Crippen LogP contribution in [0.3, 0.4) is 0 Å². The second-order valence-corrected chi connectivity index (χ2v) is 5.49. The maximum atomic E-state index is 5.64. The van der Waals surface area contributed by atoms with E-state index in [-0.39, 0.29) is 0 Å². The molecule has 0 saturated heterocycles. The molecule has 0 unspecified atom stereocenters. The average Bonchev–Trinajstić information content (AvgIpc) is 2.60. The number of hydrogen-bond acceptors (Lipinski definition) is 3. The van der Waals surface area contributed by atoms with Crippen molar-refractivity contribution in [1.82, 2.24) is 9.97 Å². The third-order valence-corrected chi connectivity index (χ3v) is 3.46. The van der Waals surface area contributed by atoms with Gasteiger partial charge in [0.2, 0.25) is 5.82 Å². The van der Waals surface area contributed by atoms with E-state index in [1.165, 1.54) is 18.4 Å². The summed E-state index contributed by atoms with van der Waals surface area (Å²) in [4.78, 5) is 8.61. The van der Waals surface area contributed by atoms with E-state index in [2.05, 4.69) is 35.7 Å². The summed E-state index contributed by atoms with van der Waals surface area (Å²) < 4.78 is 5.64. The van der Waals surface area contributed by atoms with Crippen molar-refractivity contribution in [3.63, 3.8) is 0 Å². The first-order valence-corrected chi connectivity index (χ1v) is 8.37. The van der Waals surface area contributed by atoms with Gasteiger partial charge in [0.15, 0.2) is 0 Å². The molecular weight excluding hydrogens is 284 g/mol. The van der Waals surface area contributed by atoms with Crippen molar-refractivity contribution in [3.05, 3.63) is 53.6 Å². The van der Waals surface area contributed by atoms with Crippen LogP contribution in [0.25, 0.3) is 0 Å². The minimum Gasteiger partial charge on any atom is -0.494 e. The lowest BCUT2D eigenvalue weighted by Crippen LogP contribution is -1.96. The van der Waals surface area contributed by atoms with Crippen LogP contribution in [0.1, 0.15) is 56.5 Å². The number of aryl methyl sites for hydroxylation is 1. The Hall–Kier alpha value is -2.34. The van der Waals surface area contributed by atoms with Crippen LogP contribution in [0.4, 0.5) is 0 Å². The van der Waals surface area contributed by atoms with Gasteiger partial charge in [-0.3, -0.25) is 0 Å². The molecule has 0 N–H and O–H groups in total. The summed E-state index contributed by atoms with van der Waals surface area (Å²) in [5.74, 6) is 7.54. The number of unbranched alkanes of at least 4 members (excludes halogenated alkanes) is 2. The van der Waals surface area contributed by atoms with Crippen molar-refractivity contribution in [3.8, 4) is 17.6 Å². The van der Waals surface area contributed by atoms with Crippen LogP contribution in [-0.2, 0) is 6.42 Å². The van der Waals surface area contributed by atoms with Crippen molar-refractivity contribution < 1.29 is 4.74 Å². The van der Waals surface area contributed by atoms with Gasteiger partial charge in [0.1, 0.15) is 5.75 Å². The quantitative estimate of drug-likeness (QED) is 0.562. The molecule has 0 bridgehead atoms. The minimum atomic E-state index is 0.563. The minimum absolute atomic E-state index is 0.563. The summed E-state index contributed by atoms with van der Waals surface area (Å²) in [5, 5.41) is 0. The lowest BCUT2D eigenvalue weighted by atomic mass is 10.1. The third-order valence-electron chi connectivity index (χ3n) is 3.46. The predicted molar refractivity (Wildman–Crippen MR) is 93.5 cm³/mol. The zero-order valence-corrected chi connectivity index (χ0v) is 14.0. The zero-order chi connectivity index (χ0) is 16.3. The molecule has 3 nitrogen and oxygen atoms in total. The summed E-state index contributed by atoms with van der Waals surface area (Å²) in [6.07, 6.45) is 9.34. The van der Waals surface area contributed by atoms with Crippen molar-refractivity contribution in [1.29, 1.82) is 0 Å². The van der Waals surface area contributed by atoms with Gasteiger partial charge >= 0.3 is 0 Å². The molecule has 1 heterocycles. The van der Waals surface area contributed by atoms with Gasteiger partial charge in [-0.05, 0) is 55.0 Å². The van der Waals surface area contributed by atoms with Crippen LogP contribution in [0.15, 0.2) is 36.7 Å². The van der Waals surface area contributed by atoms with E-state index in [0.717, 1.165) is 37.2 Å². The number of ether oxygens (including phenoxy) is 1. The summed E-state index contributed by atoms with van der Waals surface area (Å²) >= 11 is 0. The lowest BCUT2D eigenvalue weighted by Gasteiger charge is -2.04. The van der Waals surface area contributed by atoms with Gasteiger partial charge in [0, 0.05) is 18.0 Å². The lowest BCUT2D eigenvalue weighted by molar-refractivity contribution is 0.309. The maximum absolute atomic E-state index is 5.64. The summed E-state index contributed by atoms with van der Waals surface area (Å²) in [6.45, 7) is 5.10. The zero-order valence-electron chi connectivity index (χ0n) is 14.0. The molecule has 0 atom stereocenters. The molecular formula is C20H24N2O. The van der Waals surface area contributed by atoms with Crippen molar-refractivity contribution in [2.24, 2.45) is 0 Å². The first-order chi connectivity index (χ1) is 11.3. The van der Waals surface area contributed by atoms with E-state index in [4.69, 9.17) is 4.74 Å². The number of nitrogens with zero attached hydrogens (tertiary/aromatic N) is 2. The second-order valence-electron chi connectivity index (χ2n) is 5.49. The molecule has 1 aromatic carbocycles. The molecule has 0 saturated carbocycles. The smallest absolute Gasteiger partial charge is 0.205 e. The highest BCUT2D eigenvalue weighted by molar-refractivity contribution is 5.40. The molecule has 2 aromatic rings. The van der Waals surface area contributed by atoms with Crippen LogP contribution in [0.5, 0.6) is 5.75 Å². The molecule has 1 aromatic heterocycles. The van der Waals surface area contributed by atoms with Crippen LogP contribution in [0.2, 0.25) is 0 Å². The molecule has 3 heteroatoms. The Labute approximate surface area is 139 Å².